The van der Waals surface area contributed by atoms with Crippen LogP contribution < -0.4 is 20.1 Å². The van der Waals surface area contributed by atoms with Crippen molar-refractivity contribution in [3.63, 3.8) is 0 Å². The average Bonchev–Trinajstić information content (AvgIpc) is 3.63. The number of hydrogen-bond acceptors (Lipinski definition) is 5. The highest BCUT2D eigenvalue weighted by atomic mass is 16.5. The van der Waals surface area contributed by atoms with Crippen LogP contribution >= 0.6 is 0 Å². The molecule has 5 rings (SSSR count). The average molecular weight is 491 g/mol. The second kappa shape index (κ2) is 10.2. The van der Waals surface area contributed by atoms with Gasteiger partial charge in [0.15, 0.2) is 0 Å². The van der Waals surface area contributed by atoms with E-state index in [0.717, 1.165) is 59.5 Å². The number of aromatic amines is 1. The van der Waals surface area contributed by atoms with Crippen molar-refractivity contribution in [3.8, 4) is 22.6 Å². The number of rotatable bonds is 8. The Morgan fingerprint density at radius 1 is 1.03 bits per heavy atom. The number of carbonyl (C=O) groups excluding carboxylic acids is 2. The Labute approximate surface area is 211 Å². The van der Waals surface area contributed by atoms with E-state index in [1.807, 2.05) is 31.2 Å². The first kappa shape index (κ1) is 24.2. The maximum absolute atomic E-state index is 13.4. The van der Waals surface area contributed by atoms with Crippen molar-refractivity contribution in [3.05, 3.63) is 41.7 Å². The number of fused-ring (bicyclic) bond motifs is 1. The van der Waals surface area contributed by atoms with Crippen LogP contribution in [0.25, 0.3) is 22.2 Å². The zero-order valence-electron chi connectivity index (χ0n) is 21.1. The van der Waals surface area contributed by atoms with Crippen LogP contribution in [0.3, 0.4) is 0 Å². The van der Waals surface area contributed by atoms with E-state index < -0.39 is 0 Å². The molecule has 2 heterocycles. The molecule has 0 atom stereocenters. The molecule has 0 radical (unpaired) electrons. The summed E-state index contributed by atoms with van der Waals surface area (Å²) in [7, 11) is 1.65. The van der Waals surface area contributed by atoms with Crippen LogP contribution in [0.15, 0.2) is 30.5 Å². The minimum Gasteiger partial charge on any atom is -0.497 e. The first-order valence-corrected chi connectivity index (χ1v) is 12.8. The summed E-state index contributed by atoms with van der Waals surface area (Å²) in [4.78, 5) is 32.7. The summed E-state index contributed by atoms with van der Waals surface area (Å²) in [5, 5.41) is 6.18. The van der Waals surface area contributed by atoms with E-state index in [-0.39, 0.29) is 23.9 Å². The topological polar surface area (TPSA) is 105 Å². The van der Waals surface area contributed by atoms with E-state index in [9.17, 15) is 9.59 Å². The molecule has 8 heteroatoms. The van der Waals surface area contributed by atoms with Crippen LogP contribution in [0, 0.1) is 12.8 Å². The van der Waals surface area contributed by atoms with Gasteiger partial charge in [0.1, 0.15) is 17.0 Å². The van der Waals surface area contributed by atoms with Crippen LogP contribution in [0.4, 0.5) is 0 Å². The SMILES string of the molecule is COc1ccc(OCC2CC2)c(-c2ccnc3c(C(=O)NC4CCC(NC(C)=O)CC4)c(C)[nH]c23)c1. The molecule has 2 fully saturated rings. The van der Waals surface area contributed by atoms with E-state index in [1.165, 1.54) is 12.8 Å². The van der Waals surface area contributed by atoms with Gasteiger partial charge in [-0.1, -0.05) is 0 Å². The third-order valence-corrected chi connectivity index (χ3v) is 7.22. The van der Waals surface area contributed by atoms with Gasteiger partial charge in [-0.3, -0.25) is 14.6 Å². The lowest BCUT2D eigenvalue weighted by Gasteiger charge is -2.29. The number of pyridine rings is 1. The largest absolute Gasteiger partial charge is 0.497 e. The van der Waals surface area contributed by atoms with Crippen molar-refractivity contribution < 1.29 is 19.1 Å². The Kier molecular flexibility index (Phi) is 6.85. The molecule has 2 aliphatic rings. The summed E-state index contributed by atoms with van der Waals surface area (Å²) in [5.74, 6) is 2.04. The second-order valence-electron chi connectivity index (χ2n) is 10.0. The molecule has 0 spiro atoms. The molecular formula is C28H34N4O4. The molecule has 2 aliphatic carbocycles. The summed E-state index contributed by atoms with van der Waals surface area (Å²) < 4.78 is 11.7. The van der Waals surface area contributed by atoms with Gasteiger partial charge >= 0.3 is 0 Å². The zero-order chi connectivity index (χ0) is 25.2. The molecule has 1 aromatic carbocycles. The number of nitrogens with one attached hydrogen (secondary N) is 3. The number of aromatic nitrogens is 2. The third-order valence-electron chi connectivity index (χ3n) is 7.22. The molecular weight excluding hydrogens is 456 g/mol. The lowest BCUT2D eigenvalue weighted by molar-refractivity contribution is -0.119. The standard InChI is InChI=1S/C28H34N4O4/c1-16-25(28(34)32-20-8-6-19(7-9-20)31-17(2)33)27-26(30-16)22(12-13-29-27)23-14-21(35-3)10-11-24(23)36-15-18-4-5-18/h10-14,18-20,30H,4-9,15H2,1-3H3,(H,31,33)(H,32,34). The van der Waals surface area contributed by atoms with Gasteiger partial charge in [-0.25, -0.2) is 0 Å². The fourth-order valence-electron chi connectivity index (χ4n) is 5.10. The van der Waals surface area contributed by atoms with Crippen molar-refractivity contribution in [2.45, 2.75) is 64.5 Å². The Morgan fingerprint density at radius 2 is 1.75 bits per heavy atom. The third kappa shape index (κ3) is 5.17. The summed E-state index contributed by atoms with van der Waals surface area (Å²) >= 11 is 0. The molecule has 8 nitrogen and oxygen atoms in total. The predicted molar refractivity (Wildman–Crippen MR) is 138 cm³/mol. The molecule has 0 unspecified atom stereocenters. The molecule has 36 heavy (non-hydrogen) atoms. The minimum atomic E-state index is -0.123. The highest BCUT2D eigenvalue weighted by Gasteiger charge is 2.27. The van der Waals surface area contributed by atoms with Crippen molar-refractivity contribution in [2.75, 3.05) is 13.7 Å². The molecule has 0 bridgehead atoms. The summed E-state index contributed by atoms with van der Waals surface area (Å²) in [6, 6.07) is 8.04. The van der Waals surface area contributed by atoms with Crippen molar-refractivity contribution in [2.24, 2.45) is 5.92 Å². The first-order chi connectivity index (χ1) is 17.4. The fourth-order valence-corrected chi connectivity index (χ4v) is 5.10. The van der Waals surface area contributed by atoms with Gasteiger partial charge in [-0.05, 0) is 75.6 Å². The molecule has 2 saturated carbocycles. The lowest BCUT2D eigenvalue weighted by Crippen LogP contribution is -2.43. The van der Waals surface area contributed by atoms with Gasteiger partial charge in [0, 0.05) is 42.0 Å². The number of aryl methyl sites for hydroxylation is 1. The van der Waals surface area contributed by atoms with Gasteiger partial charge in [-0.15, -0.1) is 0 Å². The number of carbonyl (C=O) groups is 2. The molecule has 0 aliphatic heterocycles. The molecule has 2 amide bonds. The number of hydrogen-bond donors (Lipinski definition) is 3. The normalized spacial score (nSPS) is 19.6. The summed E-state index contributed by atoms with van der Waals surface area (Å²) in [6.45, 7) is 4.15. The zero-order valence-corrected chi connectivity index (χ0v) is 21.1. The van der Waals surface area contributed by atoms with Gasteiger partial charge in [0.05, 0.1) is 24.8 Å². The van der Waals surface area contributed by atoms with Crippen molar-refractivity contribution in [1.29, 1.82) is 0 Å². The number of H-pyrrole nitrogens is 1. The maximum Gasteiger partial charge on any atom is 0.255 e. The van der Waals surface area contributed by atoms with Crippen LogP contribution in [0.2, 0.25) is 0 Å². The maximum atomic E-state index is 13.4. The highest BCUT2D eigenvalue weighted by Crippen LogP contribution is 2.39. The minimum absolute atomic E-state index is 0.00378. The van der Waals surface area contributed by atoms with E-state index in [4.69, 9.17) is 9.47 Å². The molecule has 3 aromatic rings. The number of nitrogens with zero attached hydrogens (tertiary/aromatic N) is 1. The highest BCUT2D eigenvalue weighted by molar-refractivity contribution is 6.09. The summed E-state index contributed by atoms with van der Waals surface area (Å²) in [5.41, 5.74) is 4.62. The molecule has 0 saturated heterocycles. The Balaban J connectivity index is 1.41. The smallest absolute Gasteiger partial charge is 0.255 e. The molecule has 190 valence electrons. The number of amides is 2. The van der Waals surface area contributed by atoms with Crippen molar-refractivity contribution in [1.82, 2.24) is 20.6 Å². The Bertz CT molecular complexity index is 1270. The van der Waals surface area contributed by atoms with E-state index in [2.05, 4.69) is 20.6 Å². The Hall–Kier alpha value is -3.55. The summed E-state index contributed by atoms with van der Waals surface area (Å²) in [6.07, 6.45) is 7.57. The van der Waals surface area contributed by atoms with Crippen molar-refractivity contribution >= 4 is 22.8 Å². The lowest BCUT2D eigenvalue weighted by atomic mass is 9.91. The van der Waals surface area contributed by atoms with Crippen LogP contribution in [0.1, 0.15) is 61.5 Å². The number of benzene rings is 1. The number of methoxy groups -OCH3 is 1. The van der Waals surface area contributed by atoms with E-state index >= 15 is 0 Å². The van der Waals surface area contributed by atoms with Gasteiger partial charge in [-0.2, -0.15) is 0 Å². The van der Waals surface area contributed by atoms with Gasteiger partial charge in [0.25, 0.3) is 5.91 Å². The predicted octanol–water partition coefficient (Wildman–Crippen LogP) is 4.51. The quantitative estimate of drug-likeness (QED) is 0.431. The van der Waals surface area contributed by atoms with Crippen LogP contribution in [-0.2, 0) is 4.79 Å². The van der Waals surface area contributed by atoms with Crippen LogP contribution in [-0.4, -0.2) is 47.6 Å². The van der Waals surface area contributed by atoms with E-state index in [0.29, 0.717) is 23.6 Å². The van der Waals surface area contributed by atoms with E-state index in [1.54, 1.807) is 20.2 Å². The van der Waals surface area contributed by atoms with Gasteiger partial charge < -0.3 is 25.1 Å². The first-order valence-electron chi connectivity index (χ1n) is 12.8. The molecule has 2 aromatic heterocycles. The van der Waals surface area contributed by atoms with Gasteiger partial charge in [0.2, 0.25) is 5.91 Å². The number of ether oxygens (including phenoxy) is 2. The second-order valence-corrected chi connectivity index (χ2v) is 10.0. The van der Waals surface area contributed by atoms with Crippen LogP contribution in [0.5, 0.6) is 11.5 Å². The fraction of sp³-hybridized carbons (Fsp3) is 0.464. The Morgan fingerprint density at radius 3 is 2.42 bits per heavy atom. The molecule has 3 N–H and O–H groups in total. The monoisotopic (exact) mass is 490 g/mol.